The normalized spacial score (nSPS) is 30.1. The zero-order valence-corrected chi connectivity index (χ0v) is 80.8. The topological polar surface area (TPSA) is 810 Å². The van der Waals surface area contributed by atoms with Crippen LogP contribution < -0.4 is 51.1 Å². The number of aromatic nitrogens is 27. The Kier molecular flexibility index (Phi) is 29.7. The number of H-pyrrole nitrogens is 3. The van der Waals surface area contributed by atoms with Crippen molar-refractivity contribution in [2.24, 2.45) is 0 Å². The fourth-order valence-electron chi connectivity index (χ4n) is 15.3. The highest BCUT2D eigenvalue weighted by Gasteiger charge is 2.59. The highest BCUT2D eigenvalue weighted by atomic mass is 32.7. The van der Waals surface area contributed by atoms with Crippen LogP contribution in [-0.2, 0) is 151 Å². The predicted octanol–water partition coefficient (Wildman–Crippen LogP) is -0.113. The number of fused-ring (bicyclic) bond motifs is 8. The van der Waals surface area contributed by atoms with Crippen LogP contribution in [0.25, 0.3) is 66.9 Å². The van der Waals surface area contributed by atoms with Crippen LogP contribution in [0.4, 0.5) is 57.3 Å². The number of imidazole rings is 1. The monoisotopic (exact) mass is 2190 g/mol. The number of nitrogens with zero attached hydrogens (tertiary/aromatic N) is 24. The summed E-state index contributed by atoms with van der Waals surface area (Å²) in [5.41, 5.74) is 31.4. The smallest absolute Gasteiger partial charge is 0.383 e. The summed E-state index contributed by atoms with van der Waals surface area (Å²) in [5.74, 6) is -0.427. The summed E-state index contributed by atoms with van der Waals surface area (Å²) in [5, 5.41) is 31.0. The van der Waals surface area contributed by atoms with Gasteiger partial charge in [0.15, 0.2) is 118 Å². The van der Waals surface area contributed by atoms with Crippen molar-refractivity contribution in [3.05, 3.63) is 68.6 Å². The number of hydrogen-bond donors (Lipinski definition) is 15. The van der Waals surface area contributed by atoms with E-state index in [-0.39, 0.29) is 106 Å². The summed E-state index contributed by atoms with van der Waals surface area (Å²) in [6.07, 6.45) is -22.4. The molecule has 7 saturated heterocycles. The SMILES string of the molecule is COP(O)(=S)OC[C@H]1O[C@@H](n2nnc3c(=O)[nH]c(N)nc32)[C@H](OP(=O)(S)OC[C@@H]2C[C@H](F)[C@H](n3ccc4c(N)ncnc43)O2)[C@H]1F.COP(O)(=S)OC[C@H]1O[C@@H](n2nnc3c(=O)[nH]c(N)nc32)[C@H](OP(O)(=S)OC[C@@H]2C[C@H](F)[C@H](n3nnc4c(N)ncnc43)O2)[C@H]1F.COP(O)(=S)OC[C@H]1O[C@@H](n2nnc3c(=O)[nH]c(N)nc32)[C@H](OP(O)(=S)OC[C@]23CO[C@H](C2)[C@H](n2cnc4c(N)ncnc42)O3)[C@H]1F. The second-order valence-electron chi connectivity index (χ2n) is 30.6. The summed E-state index contributed by atoms with van der Waals surface area (Å²) in [6, 6.07) is 1.62. The molecule has 6 unspecified atom stereocenters. The van der Waals surface area contributed by atoms with Crippen LogP contribution in [0.3, 0.4) is 0 Å². The molecule has 2 bridgehead atoms. The number of hydrogen-bond acceptors (Lipinski definition) is 52. The standard InChI is InChI=1S/C21H26F2N10O9P2S2.C21H26FN11O10P2S2.C19H24F2N12O9P2S2/c1-37-43(35,45)39-6-11-12(23)14(20(41-11)33-17-13(30-31-33)18(34)29-21(25)28-17)42-44(36,46)38-5-8-4-10(22)19(40-8)32-3-2-9-15(24)26-7-27-16(9)32;1-37-44(35,46)39-3-9-10(22)13(19(41-9)33-16-12(30-31-33)17(34)29-20(24)28-16)43-45(36,47)40-5-21-2-8(38-4-21)18(42-21)32-7-27-11-14(23)25-6-26-15(11)32;1-37-43(35,45)39-4-8-9(21)12(18(41-8)33-15-11(29-31-33)16(34)27-19(23)26-15)42-44(36,46)38-3-6-2-7(20)17(40-6)32-14-10(28-30-32)13(22)24-5-25-14/h2-3,7-8,10-12,14,19-20H,4-6H2,1H3,(H,35,45)(H,36,46)(H2,24,26,27)(H3,25,28,29,34);6-10,13,18-19H,2-5H2,1H3,(H,35,46)(H,36,47)(H2,23,25,26)(H3,24,28,29,34);5-9,12,17-18H,2-4H2,1H3,(H,35,45)(H,36,46)(H2,22,24,25)(H3,23,26,27,34)/t8-,10-,11+,12-,14+,19+,20+,43?,44?;8-,9-,10+,13-,18-,19-,21-,44?,45?;6-,7-,8+,9-,12+,17+,18+,43?,44?/m010/s1. The van der Waals surface area contributed by atoms with Crippen LogP contribution >= 0.6 is 52.6 Å². The molecule has 27 atom stereocenters. The lowest BCUT2D eigenvalue weighted by molar-refractivity contribution is -0.181. The Morgan fingerprint density at radius 2 is 0.871 bits per heavy atom. The Balaban J connectivity index is 0.000000144. The van der Waals surface area contributed by atoms with Gasteiger partial charge in [0.1, 0.15) is 96.6 Å². The van der Waals surface area contributed by atoms with E-state index in [0.29, 0.717) is 28.6 Å². The highest BCUT2D eigenvalue weighted by Crippen LogP contribution is 2.60. The van der Waals surface area contributed by atoms with Crippen LogP contribution in [0.5, 0.6) is 0 Å². The molecular weight excluding hydrogens is 2120 g/mol. The molecule has 78 heteroatoms. The number of thiol groups is 1. The van der Waals surface area contributed by atoms with E-state index < -0.39 is 219 Å². The number of nitrogen functional groups attached to an aromatic ring is 6. The number of nitrogens with two attached hydrogens (primary N) is 6. The van der Waals surface area contributed by atoms with Gasteiger partial charge in [0.25, 0.3) is 16.7 Å². The molecule has 0 aromatic carbocycles. The van der Waals surface area contributed by atoms with E-state index in [4.69, 9.17) is 181 Å². The second-order valence-corrected chi connectivity index (χ2v) is 47.9. The number of ether oxygens (including phenoxy) is 7. The van der Waals surface area contributed by atoms with Gasteiger partial charge in [-0.05, 0) is 65.1 Å². The van der Waals surface area contributed by atoms with Gasteiger partial charge in [-0.3, -0.25) is 52.0 Å². The molecule has 7 aliphatic heterocycles. The van der Waals surface area contributed by atoms with Gasteiger partial charge < -0.3 is 133 Å². The molecule has 0 saturated carbocycles. The van der Waals surface area contributed by atoms with E-state index in [1.54, 1.807) is 16.8 Å². The van der Waals surface area contributed by atoms with Crippen molar-refractivity contribution in [3.8, 4) is 0 Å². The largest absolute Gasteiger partial charge is 0.386 e. The molecule has 12 aromatic rings. The van der Waals surface area contributed by atoms with Gasteiger partial charge in [-0.15, -0.1) is 20.4 Å². The number of rotatable bonds is 33. The number of aromatic amines is 3. The minimum Gasteiger partial charge on any atom is -0.383 e. The average molecular weight is 2190 g/mol. The van der Waals surface area contributed by atoms with E-state index >= 15 is 22.0 Å². The van der Waals surface area contributed by atoms with Crippen molar-refractivity contribution < 1.29 is 138 Å². The molecule has 20 N–H and O–H groups in total. The fraction of sp³-hybridized carbons (Fsp3) is 0.557. The first kappa shape index (κ1) is 102. The molecule has 7 aliphatic rings. The van der Waals surface area contributed by atoms with Crippen LogP contribution in [0, 0.1) is 0 Å². The molecule has 754 valence electrons. The first-order valence-electron chi connectivity index (χ1n) is 39.8. The Morgan fingerprint density at radius 1 is 0.468 bits per heavy atom. The van der Waals surface area contributed by atoms with E-state index in [2.05, 4.69) is 118 Å². The van der Waals surface area contributed by atoms with Crippen LogP contribution in [0.2, 0.25) is 0 Å². The Labute approximate surface area is 800 Å². The maximum absolute atomic E-state index is 16.0. The third kappa shape index (κ3) is 21.7. The van der Waals surface area contributed by atoms with Crippen molar-refractivity contribution >= 4 is 214 Å². The van der Waals surface area contributed by atoms with Crippen LogP contribution in [-0.4, -0.2) is 317 Å². The van der Waals surface area contributed by atoms with Crippen molar-refractivity contribution in [1.29, 1.82) is 0 Å². The zero-order valence-electron chi connectivity index (χ0n) is 70.5. The van der Waals surface area contributed by atoms with Gasteiger partial charge in [0, 0.05) is 46.8 Å². The lowest BCUT2D eigenvalue weighted by Gasteiger charge is -2.32. The fourth-order valence-corrected chi connectivity index (χ4v) is 21.5. The molecule has 19 rings (SSSR count). The lowest BCUT2D eigenvalue weighted by Crippen LogP contribution is -2.39. The Hall–Kier alpha value is -8.19. The zero-order chi connectivity index (χ0) is 99.2. The molecular formula is C61H76F5N33O28P6S6. The molecule has 19 heterocycles. The number of alkyl halides is 5. The van der Waals surface area contributed by atoms with Crippen molar-refractivity contribution in [2.45, 2.75) is 148 Å². The van der Waals surface area contributed by atoms with Gasteiger partial charge in [-0.25, -0.2) is 61.4 Å². The maximum Gasteiger partial charge on any atom is 0.386 e. The molecule has 0 spiro atoms. The van der Waals surface area contributed by atoms with Gasteiger partial charge in [0.2, 0.25) is 17.8 Å². The number of anilines is 6. The van der Waals surface area contributed by atoms with E-state index in [0.717, 1.165) is 46.4 Å². The van der Waals surface area contributed by atoms with Gasteiger partial charge in [0.05, 0.1) is 70.2 Å². The van der Waals surface area contributed by atoms with Crippen molar-refractivity contribution in [1.82, 2.24) is 134 Å². The summed E-state index contributed by atoms with van der Waals surface area (Å²) in [4.78, 5) is 136. The molecule has 12 aromatic heterocycles. The molecule has 7 fully saturated rings. The number of nitrogens with one attached hydrogen (secondary N) is 3. The third-order valence-corrected chi connectivity index (χ3v) is 31.5. The molecule has 0 amide bonds. The van der Waals surface area contributed by atoms with E-state index in [1.165, 1.54) is 23.5 Å². The quantitative estimate of drug-likeness (QED) is 0.0145. The van der Waals surface area contributed by atoms with Crippen molar-refractivity contribution in [3.63, 3.8) is 0 Å². The van der Waals surface area contributed by atoms with Crippen molar-refractivity contribution in [2.75, 3.05) is 102 Å². The molecule has 139 heavy (non-hydrogen) atoms. The minimum atomic E-state index is -4.45. The third-order valence-electron chi connectivity index (χ3n) is 21.7. The van der Waals surface area contributed by atoms with Gasteiger partial charge in [-0.1, -0.05) is 33.1 Å². The predicted molar refractivity (Wildman–Crippen MR) is 481 cm³/mol. The summed E-state index contributed by atoms with van der Waals surface area (Å²) >= 11 is 28.8. The van der Waals surface area contributed by atoms with Crippen LogP contribution in [0.15, 0.2) is 52.0 Å². The summed E-state index contributed by atoms with van der Waals surface area (Å²) in [7, 11) is 3.33. The first-order chi connectivity index (χ1) is 65.8. The molecule has 61 nitrogen and oxygen atoms in total. The van der Waals surface area contributed by atoms with Crippen LogP contribution in [0.1, 0.15) is 56.6 Å². The minimum absolute atomic E-state index is 0.0435. The molecule has 0 radical (unpaired) electrons. The van der Waals surface area contributed by atoms with E-state index in [1.807, 2.05) is 0 Å². The summed E-state index contributed by atoms with van der Waals surface area (Å²) < 4.78 is 202. The van der Waals surface area contributed by atoms with Gasteiger partial charge in [-0.2, -0.15) is 33.7 Å². The second kappa shape index (κ2) is 40.4. The highest BCUT2D eigenvalue weighted by molar-refractivity contribution is 8.44. The lowest BCUT2D eigenvalue weighted by atomic mass is 10.0. The summed E-state index contributed by atoms with van der Waals surface area (Å²) in [6.45, 7) is -27.2. The van der Waals surface area contributed by atoms with Gasteiger partial charge >= 0.3 is 40.4 Å². The molecule has 0 aliphatic carbocycles. The Bertz CT molecular complexity index is 6870. The Morgan fingerprint density at radius 3 is 1.35 bits per heavy atom. The average Bonchev–Trinajstić information content (AvgIpc) is 1.58. The first-order valence-corrected chi connectivity index (χ1v) is 55.4. The van der Waals surface area contributed by atoms with E-state index in [9.17, 15) is 43.4 Å². The maximum atomic E-state index is 16.0. The number of halogens is 5.